The average Bonchev–Trinajstić information content (AvgIpc) is 2.42. The molecular formula is C5H2Cl2IN4P. The highest BCUT2D eigenvalue weighted by Crippen LogP contribution is 2.31. The monoisotopic (exact) mass is 346 g/mol. The number of aromatic nitrogens is 4. The van der Waals surface area contributed by atoms with E-state index in [1.165, 1.54) is 0 Å². The molecule has 4 nitrogen and oxygen atoms in total. The Balaban J connectivity index is 2.81. The summed E-state index contributed by atoms with van der Waals surface area (Å²) in [5, 5.41) is 5.43. The van der Waals surface area contributed by atoms with Crippen LogP contribution in [0.3, 0.4) is 0 Å². The molecule has 2 aromatic heterocycles. The van der Waals surface area contributed by atoms with Gasteiger partial charge in [0.05, 0.1) is 11.8 Å². The van der Waals surface area contributed by atoms with Gasteiger partial charge >= 0.3 is 0 Å². The summed E-state index contributed by atoms with van der Waals surface area (Å²) in [7, 11) is 0. The first-order valence-electron chi connectivity index (χ1n) is 3.16. The van der Waals surface area contributed by atoms with E-state index in [4.69, 9.17) is 23.2 Å². The molecule has 2 heterocycles. The Bertz CT molecular complexity index is 459. The second kappa shape index (κ2) is 3.81. The van der Waals surface area contributed by atoms with Crippen LogP contribution in [-0.2, 0) is 0 Å². The van der Waals surface area contributed by atoms with Gasteiger partial charge in [0, 0.05) is 6.20 Å². The third-order valence-corrected chi connectivity index (χ3v) is 3.73. The van der Waals surface area contributed by atoms with Gasteiger partial charge in [0.1, 0.15) is 0 Å². The second-order valence-corrected chi connectivity index (χ2v) is 4.90. The molecule has 0 aromatic carbocycles. The zero-order valence-electron chi connectivity index (χ0n) is 6.00. The molecule has 0 saturated heterocycles. The van der Waals surface area contributed by atoms with E-state index in [0.717, 1.165) is 5.39 Å². The Morgan fingerprint density at radius 3 is 2.92 bits per heavy atom. The predicted octanol–water partition coefficient (Wildman–Crippen LogP) is 2.92. The van der Waals surface area contributed by atoms with Gasteiger partial charge in [-0.1, -0.05) is 11.6 Å². The standard InChI is InChI=1S/C5H2Cl2IN4P/c6-3-2-1-9-5(7)10-4(2)12(11-3)13-8/h1,13H. The van der Waals surface area contributed by atoms with E-state index < -0.39 is 0 Å². The summed E-state index contributed by atoms with van der Waals surface area (Å²) in [4.78, 5) is 7.87. The van der Waals surface area contributed by atoms with Crippen molar-refractivity contribution in [3.8, 4) is 0 Å². The molecule has 1 atom stereocenters. The minimum atomic E-state index is 0.208. The van der Waals surface area contributed by atoms with Gasteiger partial charge in [0.25, 0.3) is 0 Å². The topological polar surface area (TPSA) is 43.6 Å². The molecule has 0 spiro atoms. The van der Waals surface area contributed by atoms with Crippen LogP contribution < -0.4 is 0 Å². The molecule has 0 fully saturated rings. The summed E-state index contributed by atoms with van der Waals surface area (Å²) in [6.07, 6.45) is 2.02. The van der Waals surface area contributed by atoms with Gasteiger partial charge in [0.15, 0.2) is 10.8 Å². The van der Waals surface area contributed by atoms with E-state index in [0.29, 0.717) is 17.2 Å². The lowest BCUT2D eigenvalue weighted by molar-refractivity contribution is 1.02. The van der Waals surface area contributed by atoms with Crippen molar-refractivity contribution in [2.24, 2.45) is 0 Å². The summed E-state index contributed by atoms with van der Waals surface area (Å²) in [5.74, 6) is 0. The first-order valence-corrected chi connectivity index (χ1v) is 7.97. The van der Waals surface area contributed by atoms with Gasteiger partial charge in [-0.15, -0.1) is 0 Å². The third-order valence-electron chi connectivity index (χ3n) is 1.43. The normalized spacial score (nSPS) is 11.9. The molecule has 1 unspecified atom stereocenters. The maximum atomic E-state index is 5.85. The highest BCUT2D eigenvalue weighted by Gasteiger charge is 2.10. The van der Waals surface area contributed by atoms with Crippen molar-refractivity contribution in [1.29, 1.82) is 0 Å². The smallest absolute Gasteiger partial charge is 0.224 e. The Morgan fingerprint density at radius 2 is 2.23 bits per heavy atom. The van der Waals surface area contributed by atoms with Crippen molar-refractivity contribution in [1.82, 2.24) is 19.5 Å². The molecule has 2 aromatic rings. The van der Waals surface area contributed by atoms with E-state index in [9.17, 15) is 0 Å². The Kier molecular flexibility index (Phi) is 2.88. The largest absolute Gasteiger partial charge is 0.226 e. The van der Waals surface area contributed by atoms with Crippen LogP contribution in [0.2, 0.25) is 10.4 Å². The maximum Gasteiger partial charge on any atom is 0.224 e. The quantitative estimate of drug-likeness (QED) is 0.453. The minimum absolute atomic E-state index is 0.208. The van der Waals surface area contributed by atoms with E-state index >= 15 is 0 Å². The van der Waals surface area contributed by atoms with Crippen molar-refractivity contribution in [3.05, 3.63) is 16.6 Å². The lowest BCUT2D eigenvalue weighted by Crippen LogP contribution is -1.87. The van der Waals surface area contributed by atoms with Gasteiger partial charge in [-0.3, -0.25) is 0 Å². The van der Waals surface area contributed by atoms with E-state index in [2.05, 4.69) is 37.1 Å². The molecule has 0 aliphatic carbocycles. The lowest BCUT2D eigenvalue weighted by Gasteiger charge is -1.94. The maximum absolute atomic E-state index is 5.85. The van der Waals surface area contributed by atoms with E-state index in [1.807, 2.05) is 0 Å². The van der Waals surface area contributed by atoms with Crippen molar-refractivity contribution >= 4 is 62.7 Å². The van der Waals surface area contributed by atoms with Gasteiger partial charge in [-0.25, -0.2) is 9.44 Å². The molecule has 0 aliphatic rings. The fraction of sp³-hybridized carbons (Fsp3) is 0. The van der Waals surface area contributed by atoms with Crippen LogP contribution >= 0.6 is 51.6 Å². The summed E-state index contributed by atoms with van der Waals surface area (Å²) < 4.78 is 1.70. The number of hydrogen-bond donors (Lipinski definition) is 0. The number of hydrogen-bond acceptors (Lipinski definition) is 3. The molecule has 0 N–H and O–H groups in total. The highest BCUT2D eigenvalue weighted by atomic mass is 127. The van der Waals surface area contributed by atoms with Crippen molar-refractivity contribution < 1.29 is 0 Å². The van der Waals surface area contributed by atoms with Crippen LogP contribution in [0.4, 0.5) is 0 Å². The number of nitrogens with zero attached hydrogens (tertiary/aromatic N) is 4. The van der Waals surface area contributed by atoms with Gasteiger partial charge in [-0.05, 0) is 33.6 Å². The Labute approximate surface area is 98.3 Å². The summed E-state index contributed by atoms with van der Waals surface area (Å²) in [5.41, 5.74) is 0.678. The predicted molar refractivity (Wildman–Crippen MR) is 63.1 cm³/mol. The molecule has 0 bridgehead atoms. The summed E-state index contributed by atoms with van der Waals surface area (Å²) in [6.45, 7) is 0. The zero-order valence-corrected chi connectivity index (χ0v) is 10.7. The number of halogens is 3. The van der Waals surface area contributed by atoms with Crippen LogP contribution in [0.15, 0.2) is 6.20 Å². The van der Waals surface area contributed by atoms with Crippen LogP contribution in [0, 0.1) is 0 Å². The molecule has 0 amide bonds. The molecule has 0 radical (unpaired) electrons. The SMILES string of the molecule is Clc1ncc2c(Cl)nn(PI)c2n1. The van der Waals surface area contributed by atoms with Crippen LogP contribution in [0.5, 0.6) is 0 Å². The van der Waals surface area contributed by atoms with Crippen LogP contribution in [0.1, 0.15) is 0 Å². The zero-order chi connectivity index (χ0) is 9.42. The fourth-order valence-electron chi connectivity index (χ4n) is 0.907. The minimum Gasteiger partial charge on any atom is -0.226 e. The highest BCUT2D eigenvalue weighted by molar-refractivity contribution is 14.2. The number of rotatable bonds is 1. The van der Waals surface area contributed by atoms with Crippen LogP contribution in [0.25, 0.3) is 11.0 Å². The molecule has 8 heteroatoms. The third kappa shape index (κ3) is 1.75. The molecule has 13 heavy (non-hydrogen) atoms. The Morgan fingerprint density at radius 1 is 1.46 bits per heavy atom. The van der Waals surface area contributed by atoms with Crippen LogP contribution in [-0.4, -0.2) is 19.5 Å². The molecule has 0 aliphatic heterocycles. The van der Waals surface area contributed by atoms with Gasteiger partial charge in [-0.2, -0.15) is 10.1 Å². The van der Waals surface area contributed by atoms with E-state index in [1.54, 1.807) is 10.6 Å². The van der Waals surface area contributed by atoms with Gasteiger partial charge in [0.2, 0.25) is 5.28 Å². The van der Waals surface area contributed by atoms with Crippen molar-refractivity contribution in [2.45, 2.75) is 0 Å². The second-order valence-electron chi connectivity index (χ2n) is 2.16. The summed E-state index contributed by atoms with van der Waals surface area (Å²) >= 11 is 13.7. The fourth-order valence-corrected chi connectivity index (χ4v) is 2.71. The van der Waals surface area contributed by atoms with E-state index in [-0.39, 0.29) is 5.28 Å². The molecule has 2 rings (SSSR count). The number of fused-ring (bicyclic) bond motifs is 1. The van der Waals surface area contributed by atoms with Crippen molar-refractivity contribution in [2.75, 3.05) is 0 Å². The molecule has 0 saturated carbocycles. The molecule has 68 valence electrons. The first-order chi connectivity index (χ1) is 6.22. The summed E-state index contributed by atoms with van der Waals surface area (Å²) in [6, 6.07) is 0. The van der Waals surface area contributed by atoms with Gasteiger partial charge < -0.3 is 0 Å². The lowest BCUT2D eigenvalue weighted by atomic mass is 10.4. The van der Waals surface area contributed by atoms with Crippen molar-refractivity contribution in [3.63, 3.8) is 0 Å². The average molecular weight is 347 g/mol. The Hall–Kier alpha value is 0.290. The molecular weight excluding hydrogens is 345 g/mol. The first kappa shape index (κ1) is 9.83.